The van der Waals surface area contributed by atoms with Gasteiger partial charge in [-0.1, -0.05) is 18.2 Å². The first-order valence-corrected chi connectivity index (χ1v) is 9.36. The maximum Gasteiger partial charge on any atom is 0.255 e. The number of aromatic nitrogens is 2. The molecule has 0 atom stereocenters. The minimum absolute atomic E-state index is 0.0431. The summed E-state index contributed by atoms with van der Waals surface area (Å²) in [6, 6.07) is 9.87. The lowest BCUT2D eigenvalue weighted by atomic mass is 10.1. The predicted octanol–water partition coefficient (Wildman–Crippen LogP) is 2.42. The molecule has 2 amide bonds. The summed E-state index contributed by atoms with van der Waals surface area (Å²) in [7, 11) is 1.91. The molecule has 0 bridgehead atoms. The van der Waals surface area contributed by atoms with Gasteiger partial charge in [-0.25, -0.2) is 0 Å². The second-order valence-electron chi connectivity index (χ2n) is 7.13. The van der Waals surface area contributed by atoms with Gasteiger partial charge in [0.05, 0.1) is 12.0 Å². The molecule has 0 unspecified atom stereocenters. The Morgan fingerprint density at radius 2 is 1.81 bits per heavy atom. The van der Waals surface area contributed by atoms with E-state index in [1.807, 2.05) is 70.3 Å². The maximum atomic E-state index is 12.8. The van der Waals surface area contributed by atoms with Crippen molar-refractivity contribution in [1.29, 1.82) is 0 Å². The first-order valence-electron chi connectivity index (χ1n) is 9.36. The van der Waals surface area contributed by atoms with Gasteiger partial charge < -0.3 is 19.4 Å². The molecule has 1 saturated heterocycles. The monoisotopic (exact) mass is 364 g/mol. The van der Waals surface area contributed by atoms with Crippen molar-refractivity contribution in [3.8, 4) is 0 Å². The molecule has 3 aromatic rings. The van der Waals surface area contributed by atoms with Crippen LogP contribution in [0, 0.1) is 0 Å². The third-order valence-electron chi connectivity index (χ3n) is 5.23. The lowest BCUT2D eigenvalue weighted by Gasteiger charge is -2.22. The first-order chi connectivity index (χ1) is 13.1. The van der Waals surface area contributed by atoms with Crippen LogP contribution in [0.1, 0.15) is 22.3 Å². The number of benzene rings is 1. The second kappa shape index (κ2) is 7.31. The number of H-pyrrole nitrogens is 1. The van der Waals surface area contributed by atoms with Crippen molar-refractivity contribution in [2.45, 2.75) is 12.8 Å². The average molecular weight is 364 g/mol. The molecule has 1 aliphatic heterocycles. The lowest BCUT2D eigenvalue weighted by molar-refractivity contribution is -0.130. The highest BCUT2D eigenvalue weighted by Gasteiger charge is 2.23. The van der Waals surface area contributed by atoms with E-state index in [1.54, 1.807) is 0 Å². The second-order valence-corrected chi connectivity index (χ2v) is 7.13. The predicted molar refractivity (Wildman–Crippen MR) is 105 cm³/mol. The first kappa shape index (κ1) is 17.4. The van der Waals surface area contributed by atoms with E-state index in [4.69, 9.17) is 0 Å². The molecule has 0 aliphatic carbocycles. The molecule has 1 aliphatic rings. The van der Waals surface area contributed by atoms with E-state index in [9.17, 15) is 9.59 Å². The van der Waals surface area contributed by atoms with Crippen molar-refractivity contribution in [3.63, 3.8) is 0 Å². The van der Waals surface area contributed by atoms with Crippen molar-refractivity contribution >= 4 is 22.7 Å². The van der Waals surface area contributed by atoms with Crippen LogP contribution < -0.4 is 0 Å². The van der Waals surface area contributed by atoms with Gasteiger partial charge in [-0.15, -0.1) is 0 Å². The fraction of sp³-hybridized carbons (Fsp3) is 0.333. The minimum atomic E-state index is 0.0431. The molecule has 3 heterocycles. The molecule has 2 aromatic heterocycles. The Morgan fingerprint density at radius 3 is 2.63 bits per heavy atom. The molecule has 1 aromatic carbocycles. The summed E-state index contributed by atoms with van der Waals surface area (Å²) in [5.74, 6) is 0.162. The normalized spacial score (nSPS) is 15.1. The third-order valence-corrected chi connectivity index (χ3v) is 5.23. The molecule has 27 heavy (non-hydrogen) atoms. The van der Waals surface area contributed by atoms with Gasteiger partial charge in [-0.2, -0.15) is 0 Å². The van der Waals surface area contributed by atoms with Crippen LogP contribution in [0.4, 0.5) is 0 Å². The lowest BCUT2D eigenvalue weighted by Crippen LogP contribution is -2.37. The van der Waals surface area contributed by atoms with Gasteiger partial charge >= 0.3 is 0 Å². The van der Waals surface area contributed by atoms with Crippen LogP contribution in [0.5, 0.6) is 0 Å². The number of fused-ring (bicyclic) bond motifs is 1. The van der Waals surface area contributed by atoms with Crippen molar-refractivity contribution in [1.82, 2.24) is 19.4 Å². The zero-order valence-corrected chi connectivity index (χ0v) is 15.5. The molecule has 140 valence electrons. The highest BCUT2D eigenvalue weighted by molar-refractivity contribution is 5.94. The number of nitrogens with zero attached hydrogens (tertiary/aromatic N) is 3. The fourth-order valence-corrected chi connectivity index (χ4v) is 3.73. The molecule has 4 rings (SSSR count). The molecule has 6 nitrogen and oxygen atoms in total. The van der Waals surface area contributed by atoms with Crippen LogP contribution in [-0.2, 0) is 18.3 Å². The number of para-hydroxylation sites is 1. The van der Waals surface area contributed by atoms with E-state index in [0.717, 1.165) is 22.9 Å². The molecule has 0 radical (unpaired) electrons. The summed E-state index contributed by atoms with van der Waals surface area (Å²) in [6.45, 7) is 2.54. The summed E-state index contributed by atoms with van der Waals surface area (Å²) < 4.78 is 1.88. The highest BCUT2D eigenvalue weighted by Crippen LogP contribution is 2.19. The zero-order valence-electron chi connectivity index (χ0n) is 15.5. The zero-order chi connectivity index (χ0) is 18.8. The Kier molecular flexibility index (Phi) is 4.71. The molecule has 1 fully saturated rings. The fourth-order valence-electron chi connectivity index (χ4n) is 3.73. The van der Waals surface area contributed by atoms with Gasteiger partial charge in [-0.05, 0) is 24.1 Å². The summed E-state index contributed by atoms with van der Waals surface area (Å²) in [4.78, 5) is 32.4. The summed E-state index contributed by atoms with van der Waals surface area (Å²) in [5, 5.41) is 1.10. The van der Waals surface area contributed by atoms with Crippen LogP contribution >= 0.6 is 0 Å². The van der Waals surface area contributed by atoms with Crippen LogP contribution in [-0.4, -0.2) is 57.3 Å². The van der Waals surface area contributed by atoms with E-state index < -0.39 is 0 Å². The van der Waals surface area contributed by atoms with E-state index in [2.05, 4.69) is 4.98 Å². The molecule has 6 heteroatoms. The van der Waals surface area contributed by atoms with E-state index in [1.165, 1.54) is 0 Å². The van der Waals surface area contributed by atoms with Crippen molar-refractivity contribution in [3.05, 3.63) is 60.0 Å². The number of hydrogen-bond donors (Lipinski definition) is 1. The summed E-state index contributed by atoms with van der Waals surface area (Å²) in [6.07, 6.45) is 6.83. The van der Waals surface area contributed by atoms with E-state index >= 15 is 0 Å². The Labute approximate surface area is 158 Å². The van der Waals surface area contributed by atoms with Gasteiger partial charge in [0.25, 0.3) is 5.91 Å². The Bertz CT molecular complexity index is 971. The van der Waals surface area contributed by atoms with Crippen LogP contribution in [0.15, 0.2) is 48.9 Å². The molecule has 0 spiro atoms. The molecule has 1 N–H and O–H groups in total. The van der Waals surface area contributed by atoms with Gasteiger partial charge in [0, 0.05) is 62.7 Å². The Hall–Kier alpha value is -3.02. The largest absolute Gasteiger partial charge is 0.361 e. The molecular formula is C21H24N4O2. The van der Waals surface area contributed by atoms with Gasteiger partial charge in [0.2, 0.25) is 5.91 Å². The van der Waals surface area contributed by atoms with E-state index in [0.29, 0.717) is 38.2 Å². The third kappa shape index (κ3) is 3.60. The highest BCUT2D eigenvalue weighted by atomic mass is 16.2. The van der Waals surface area contributed by atoms with Crippen LogP contribution in [0.2, 0.25) is 0 Å². The average Bonchev–Trinajstić information content (AvgIpc) is 3.20. The number of amides is 2. The number of carbonyl (C=O) groups excluding carboxylic acids is 2. The van der Waals surface area contributed by atoms with Gasteiger partial charge in [-0.3, -0.25) is 9.59 Å². The summed E-state index contributed by atoms with van der Waals surface area (Å²) in [5.41, 5.74) is 2.78. The quantitative estimate of drug-likeness (QED) is 0.776. The number of aromatic amines is 1. The standard InChI is InChI=1S/C21H24N4O2/c1-23-10-7-16(15-23)21(27)25-9-4-8-24(11-12-25)20(26)13-17-14-22-19-6-3-2-5-18(17)19/h2-3,5-7,10,14-15,22H,4,8-9,11-13H2,1H3. The minimum Gasteiger partial charge on any atom is -0.361 e. The maximum absolute atomic E-state index is 12.8. The van der Waals surface area contributed by atoms with Crippen LogP contribution in [0.25, 0.3) is 10.9 Å². The molecular weight excluding hydrogens is 340 g/mol. The Balaban J connectivity index is 1.40. The van der Waals surface area contributed by atoms with Crippen molar-refractivity contribution in [2.24, 2.45) is 7.05 Å². The van der Waals surface area contributed by atoms with Gasteiger partial charge in [0.15, 0.2) is 0 Å². The number of nitrogens with one attached hydrogen (secondary N) is 1. The van der Waals surface area contributed by atoms with Crippen LogP contribution in [0.3, 0.4) is 0 Å². The molecule has 0 saturated carbocycles. The SMILES string of the molecule is Cn1ccc(C(=O)N2CCCN(C(=O)Cc3c[nH]c4ccccc34)CC2)c1. The smallest absolute Gasteiger partial charge is 0.255 e. The number of hydrogen-bond acceptors (Lipinski definition) is 2. The van der Waals surface area contributed by atoms with E-state index in [-0.39, 0.29) is 11.8 Å². The van der Waals surface area contributed by atoms with Gasteiger partial charge in [0.1, 0.15) is 0 Å². The number of aryl methyl sites for hydroxylation is 1. The topological polar surface area (TPSA) is 61.3 Å². The van der Waals surface area contributed by atoms with Crippen molar-refractivity contribution < 1.29 is 9.59 Å². The number of carbonyl (C=O) groups is 2. The Morgan fingerprint density at radius 1 is 1.04 bits per heavy atom. The number of rotatable bonds is 3. The summed E-state index contributed by atoms with van der Waals surface area (Å²) >= 11 is 0. The van der Waals surface area contributed by atoms with Crippen molar-refractivity contribution in [2.75, 3.05) is 26.2 Å².